The lowest BCUT2D eigenvalue weighted by Gasteiger charge is -2.34. The summed E-state index contributed by atoms with van der Waals surface area (Å²) in [6.07, 6.45) is -2.06. The number of carbonyl (C=O) groups excluding carboxylic acids is 4. The van der Waals surface area contributed by atoms with Gasteiger partial charge in [-0.15, -0.1) is 0 Å². The molecule has 4 N–H and O–H groups in total. The Morgan fingerprint density at radius 2 is 1.97 bits per heavy atom. The highest BCUT2D eigenvalue weighted by molar-refractivity contribution is 5.94. The SMILES string of the molecule is CC[C@@H](C)[C@H](NC(=O)C(F)F)C(=O)N1C[C@H]2[C@@H]([C@H]1C(=O)NNC[C@@H]1CCNC1=O)C2(C)C. The van der Waals surface area contributed by atoms with E-state index in [0.29, 0.717) is 25.9 Å². The predicted molar refractivity (Wildman–Crippen MR) is 111 cm³/mol. The first kappa shape index (κ1) is 24.3. The maximum absolute atomic E-state index is 13.3. The van der Waals surface area contributed by atoms with Gasteiger partial charge < -0.3 is 15.5 Å². The molecule has 0 spiro atoms. The van der Waals surface area contributed by atoms with Crippen molar-refractivity contribution in [2.75, 3.05) is 19.6 Å². The van der Waals surface area contributed by atoms with Crippen molar-refractivity contribution in [1.82, 2.24) is 26.4 Å². The zero-order valence-corrected chi connectivity index (χ0v) is 18.9. The number of rotatable bonds is 9. The van der Waals surface area contributed by atoms with Crippen LogP contribution in [0.2, 0.25) is 0 Å². The van der Waals surface area contributed by atoms with Crippen LogP contribution >= 0.6 is 0 Å². The van der Waals surface area contributed by atoms with E-state index in [2.05, 4.69) is 21.5 Å². The Kier molecular flexibility index (Phi) is 7.06. The Balaban J connectivity index is 1.70. The molecule has 0 aromatic carbocycles. The summed E-state index contributed by atoms with van der Waals surface area (Å²) in [4.78, 5) is 51.1. The van der Waals surface area contributed by atoms with E-state index < -0.39 is 36.2 Å². The van der Waals surface area contributed by atoms with Gasteiger partial charge in [0.05, 0.1) is 5.92 Å². The quantitative estimate of drug-likeness (QED) is 0.364. The standard InChI is InChI=1S/C21H33F2N5O4/c1-5-10(2)14(26-19(31)16(22)23)20(32)28-9-12-13(21(12,3)4)15(28)18(30)27-25-8-11-6-7-24-17(11)29/h10-16,25H,5-9H2,1-4H3,(H,24,29)(H,26,31)(H,27,30)/t10-,11+,12+,13+,14+,15+/m1/s1. The van der Waals surface area contributed by atoms with E-state index in [0.717, 1.165) is 0 Å². The second kappa shape index (κ2) is 9.29. The molecule has 1 saturated carbocycles. The number of hydrazine groups is 1. The fraction of sp³-hybridized carbons (Fsp3) is 0.810. The second-order valence-corrected chi connectivity index (χ2v) is 9.71. The molecule has 0 unspecified atom stereocenters. The molecule has 9 nitrogen and oxygen atoms in total. The number of hydrogen-bond donors (Lipinski definition) is 4. The van der Waals surface area contributed by atoms with Crippen LogP contribution in [0.4, 0.5) is 8.78 Å². The zero-order valence-electron chi connectivity index (χ0n) is 18.9. The summed E-state index contributed by atoms with van der Waals surface area (Å²) in [5, 5.41) is 4.90. The molecular weight excluding hydrogens is 424 g/mol. The van der Waals surface area contributed by atoms with Crippen molar-refractivity contribution in [3.05, 3.63) is 0 Å². The van der Waals surface area contributed by atoms with Crippen molar-refractivity contribution >= 4 is 23.6 Å². The maximum atomic E-state index is 13.3. The average Bonchev–Trinajstić information content (AvgIpc) is 3.12. The molecule has 2 saturated heterocycles. The number of carbonyl (C=O) groups is 4. The van der Waals surface area contributed by atoms with Crippen LogP contribution in [0.5, 0.6) is 0 Å². The third kappa shape index (κ3) is 4.57. The zero-order chi connectivity index (χ0) is 23.8. The average molecular weight is 458 g/mol. The van der Waals surface area contributed by atoms with Crippen molar-refractivity contribution in [2.45, 2.75) is 59.0 Å². The summed E-state index contributed by atoms with van der Waals surface area (Å²) in [5.74, 6) is -3.05. The third-order valence-corrected chi connectivity index (χ3v) is 7.46. The molecule has 11 heteroatoms. The minimum atomic E-state index is -3.23. The Labute approximate surface area is 186 Å². The van der Waals surface area contributed by atoms with Gasteiger partial charge in [-0.25, -0.2) is 5.43 Å². The molecule has 2 heterocycles. The first-order valence-electron chi connectivity index (χ1n) is 11.2. The predicted octanol–water partition coefficient (Wildman–Crippen LogP) is 0.0223. The van der Waals surface area contributed by atoms with Gasteiger partial charge in [0.1, 0.15) is 12.1 Å². The molecule has 4 amide bonds. The van der Waals surface area contributed by atoms with E-state index in [1.165, 1.54) is 4.90 Å². The van der Waals surface area contributed by atoms with E-state index in [9.17, 15) is 28.0 Å². The number of alkyl halides is 2. The molecule has 32 heavy (non-hydrogen) atoms. The van der Waals surface area contributed by atoms with E-state index in [1.807, 2.05) is 13.8 Å². The van der Waals surface area contributed by atoms with E-state index in [4.69, 9.17) is 0 Å². The molecule has 2 aliphatic heterocycles. The van der Waals surface area contributed by atoms with E-state index in [1.54, 1.807) is 13.8 Å². The first-order chi connectivity index (χ1) is 15.0. The number of nitrogens with one attached hydrogen (secondary N) is 4. The fourth-order valence-electron chi connectivity index (χ4n) is 5.07. The van der Waals surface area contributed by atoms with Gasteiger partial charge in [-0.05, 0) is 29.6 Å². The topological polar surface area (TPSA) is 120 Å². The van der Waals surface area contributed by atoms with Crippen molar-refractivity contribution in [2.24, 2.45) is 29.1 Å². The lowest BCUT2D eigenvalue weighted by molar-refractivity contribution is -0.146. The Morgan fingerprint density at radius 3 is 2.53 bits per heavy atom. The number of likely N-dealkylation sites (tertiary alicyclic amines) is 1. The highest BCUT2D eigenvalue weighted by Gasteiger charge is 2.69. The molecule has 6 atom stereocenters. The molecule has 3 fully saturated rings. The fourth-order valence-corrected chi connectivity index (χ4v) is 5.07. The van der Waals surface area contributed by atoms with Crippen LogP contribution in [0.3, 0.4) is 0 Å². The van der Waals surface area contributed by atoms with Crippen molar-refractivity contribution in [3.63, 3.8) is 0 Å². The summed E-state index contributed by atoms with van der Waals surface area (Å²) >= 11 is 0. The van der Waals surface area contributed by atoms with Crippen LogP contribution in [-0.2, 0) is 19.2 Å². The maximum Gasteiger partial charge on any atom is 0.315 e. The Hall–Kier alpha value is -2.30. The van der Waals surface area contributed by atoms with Crippen LogP contribution in [-0.4, -0.2) is 66.7 Å². The second-order valence-electron chi connectivity index (χ2n) is 9.71. The molecule has 3 rings (SSSR count). The number of nitrogens with zero attached hydrogens (tertiary/aromatic N) is 1. The lowest BCUT2D eigenvalue weighted by Crippen LogP contribution is -2.59. The number of fused-ring (bicyclic) bond motifs is 1. The summed E-state index contributed by atoms with van der Waals surface area (Å²) < 4.78 is 25.7. The van der Waals surface area contributed by atoms with Crippen LogP contribution in [0.1, 0.15) is 40.5 Å². The van der Waals surface area contributed by atoms with Gasteiger partial charge in [0, 0.05) is 19.6 Å². The summed E-state index contributed by atoms with van der Waals surface area (Å²) in [7, 11) is 0. The largest absolute Gasteiger partial charge is 0.356 e. The molecule has 0 radical (unpaired) electrons. The molecule has 180 valence electrons. The summed E-state index contributed by atoms with van der Waals surface area (Å²) in [6.45, 7) is 8.78. The smallest absolute Gasteiger partial charge is 0.315 e. The van der Waals surface area contributed by atoms with Gasteiger partial charge in [0.25, 0.3) is 11.8 Å². The summed E-state index contributed by atoms with van der Waals surface area (Å²) in [6, 6.07) is -1.91. The van der Waals surface area contributed by atoms with Gasteiger partial charge in [-0.2, -0.15) is 8.78 Å². The number of amides is 4. The van der Waals surface area contributed by atoms with Crippen molar-refractivity contribution in [1.29, 1.82) is 0 Å². The molecule has 0 bridgehead atoms. The summed E-state index contributed by atoms with van der Waals surface area (Å²) in [5.41, 5.74) is 5.30. The minimum Gasteiger partial charge on any atom is -0.356 e. The van der Waals surface area contributed by atoms with Gasteiger partial charge in [0.15, 0.2) is 0 Å². The van der Waals surface area contributed by atoms with Gasteiger partial charge >= 0.3 is 6.43 Å². The van der Waals surface area contributed by atoms with Gasteiger partial charge in [-0.1, -0.05) is 34.1 Å². The molecule has 1 aliphatic carbocycles. The van der Waals surface area contributed by atoms with Crippen molar-refractivity contribution < 1.29 is 28.0 Å². The minimum absolute atomic E-state index is 0.0635. The molecule has 3 aliphatic rings. The molecular formula is C21H33F2N5O4. The number of piperidine rings is 1. The van der Waals surface area contributed by atoms with Gasteiger partial charge in [0.2, 0.25) is 11.8 Å². The van der Waals surface area contributed by atoms with Crippen LogP contribution in [0.15, 0.2) is 0 Å². The van der Waals surface area contributed by atoms with Gasteiger partial charge in [-0.3, -0.25) is 24.6 Å². The number of hydrogen-bond acceptors (Lipinski definition) is 5. The van der Waals surface area contributed by atoms with Crippen molar-refractivity contribution in [3.8, 4) is 0 Å². The third-order valence-electron chi connectivity index (χ3n) is 7.46. The normalized spacial score (nSPS) is 29.8. The Bertz CT molecular complexity index is 777. The van der Waals surface area contributed by atoms with E-state index in [-0.39, 0.29) is 41.5 Å². The lowest BCUT2D eigenvalue weighted by atomic mass is 9.95. The number of halogens is 2. The Morgan fingerprint density at radius 1 is 1.28 bits per heavy atom. The van der Waals surface area contributed by atoms with Crippen LogP contribution in [0, 0.1) is 29.1 Å². The monoisotopic (exact) mass is 457 g/mol. The van der Waals surface area contributed by atoms with E-state index >= 15 is 0 Å². The highest BCUT2D eigenvalue weighted by atomic mass is 19.3. The van der Waals surface area contributed by atoms with Crippen LogP contribution in [0.25, 0.3) is 0 Å². The first-order valence-corrected chi connectivity index (χ1v) is 11.2. The molecule has 0 aromatic heterocycles. The molecule has 0 aromatic rings. The van der Waals surface area contributed by atoms with Crippen LogP contribution < -0.4 is 21.5 Å². The highest BCUT2D eigenvalue weighted by Crippen LogP contribution is 2.64.